The number of alkyl halides is 6. The van der Waals surface area contributed by atoms with E-state index in [-0.39, 0.29) is 5.56 Å². The molecule has 1 aromatic carbocycles. The second-order valence-corrected chi connectivity index (χ2v) is 4.94. The highest BCUT2D eigenvalue weighted by molar-refractivity contribution is 9.10. The normalized spacial score (nSPS) is 13.5. The zero-order chi connectivity index (χ0) is 14.8. The zero-order valence-electron chi connectivity index (χ0n) is 9.47. The van der Waals surface area contributed by atoms with Crippen LogP contribution >= 0.6 is 15.9 Å². The molecular formula is C11H8BrF5O2. The number of Topliss-reactive ketones (excluding diaryl/α,β-unsaturated/α-hetero) is 1. The summed E-state index contributed by atoms with van der Waals surface area (Å²) in [5.41, 5.74) is -1.50. The Balaban J connectivity index is 3.28. The molecular weight excluding hydrogens is 339 g/mol. The van der Waals surface area contributed by atoms with Gasteiger partial charge in [0.2, 0.25) is 0 Å². The molecule has 2 nitrogen and oxygen atoms in total. The summed E-state index contributed by atoms with van der Waals surface area (Å²) >= 11 is 2.92. The maximum Gasteiger partial charge on any atom is 0.416 e. The SMILES string of the molecule is CC(Br)C(=O)c1ccc(C(F)(F)F)cc1OC(F)F. The van der Waals surface area contributed by atoms with E-state index in [0.29, 0.717) is 12.1 Å². The molecule has 106 valence electrons. The Bertz CT molecular complexity index is 471. The molecule has 0 aliphatic heterocycles. The van der Waals surface area contributed by atoms with Crippen molar-refractivity contribution in [3.8, 4) is 5.75 Å². The van der Waals surface area contributed by atoms with Crippen LogP contribution in [-0.4, -0.2) is 17.2 Å². The number of ether oxygens (including phenoxy) is 1. The number of hydrogen-bond donors (Lipinski definition) is 0. The molecule has 0 N–H and O–H groups in total. The van der Waals surface area contributed by atoms with Crippen molar-refractivity contribution in [1.29, 1.82) is 0 Å². The molecule has 1 unspecified atom stereocenters. The fourth-order valence-electron chi connectivity index (χ4n) is 1.31. The van der Waals surface area contributed by atoms with Gasteiger partial charge in [0.15, 0.2) is 5.78 Å². The van der Waals surface area contributed by atoms with Gasteiger partial charge in [-0.2, -0.15) is 22.0 Å². The van der Waals surface area contributed by atoms with Crippen molar-refractivity contribution in [2.75, 3.05) is 0 Å². The van der Waals surface area contributed by atoms with Crippen LogP contribution in [0.25, 0.3) is 0 Å². The fraction of sp³-hybridized carbons (Fsp3) is 0.364. The topological polar surface area (TPSA) is 26.3 Å². The third-order valence-electron chi connectivity index (χ3n) is 2.15. The molecule has 8 heteroatoms. The van der Waals surface area contributed by atoms with Gasteiger partial charge in [-0.3, -0.25) is 4.79 Å². The Hall–Kier alpha value is -1.18. The predicted molar refractivity (Wildman–Crippen MR) is 60.8 cm³/mol. The molecule has 0 saturated heterocycles. The molecule has 0 aliphatic rings. The average Bonchev–Trinajstić information content (AvgIpc) is 2.25. The molecule has 0 aromatic heterocycles. The number of hydrogen-bond acceptors (Lipinski definition) is 2. The number of carbonyl (C=O) groups excluding carboxylic acids is 1. The minimum absolute atomic E-state index is 0.335. The zero-order valence-corrected chi connectivity index (χ0v) is 11.1. The Kier molecular flexibility index (Phi) is 4.89. The quantitative estimate of drug-likeness (QED) is 0.462. The monoisotopic (exact) mass is 346 g/mol. The van der Waals surface area contributed by atoms with Gasteiger partial charge >= 0.3 is 12.8 Å². The van der Waals surface area contributed by atoms with E-state index >= 15 is 0 Å². The lowest BCUT2D eigenvalue weighted by atomic mass is 10.0. The standard InChI is InChI=1S/C11H8BrF5O2/c1-5(12)9(18)7-3-2-6(11(15,16)17)4-8(7)19-10(13)14/h2-5,10H,1H3. The molecule has 0 aliphatic carbocycles. The summed E-state index contributed by atoms with van der Waals surface area (Å²) in [6.07, 6.45) is -4.71. The summed E-state index contributed by atoms with van der Waals surface area (Å²) in [4.78, 5) is 10.9. The van der Waals surface area contributed by atoms with E-state index in [4.69, 9.17) is 0 Å². The summed E-state index contributed by atoms with van der Waals surface area (Å²) in [5, 5.41) is 0. The van der Waals surface area contributed by atoms with E-state index in [1.807, 2.05) is 0 Å². The number of ketones is 1. The number of carbonyl (C=O) groups is 1. The molecule has 0 saturated carbocycles. The predicted octanol–water partition coefficient (Wildman–Crippen LogP) is 4.27. The van der Waals surface area contributed by atoms with Crippen molar-refractivity contribution in [3.63, 3.8) is 0 Å². The van der Waals surface area contributed by atoms with Crippen molar-refractivity contribution in [2.45, 2.75) is 24.5 Å². The fourth-order valence-corrected chi connectivity index (χ4v) is 1.56. The first-order chi connectivity index (χ1) is 8.62. The van der Waals surface area contributed by atoms with Crippen LogP contribution in [0.5, 0.6) is 5.75 Å². The molecule has 1 atom stereocenters. The maximum atomic E-state index is 12.5. The summed E-state index contributed by atoms with van der Waals surface area (Å²) in [5.74, 6) is -1.44. The van der Waals surface area contributed by atoms with E-state index < -0.39 is 34.7 Å². The highest BCUT2D eigenvalue weighted by Crippen LogP contribution is 2.34. The largest absolute Gasteiger partial charge is 0.434 e. The third-order valence-corrected chi connectivity index (χ3v) is 2.57. The van der Waals surface area contributed by atoms with E-state index in [0.717, 1.165) is 6.07 Å². The van der Waals surface area contributed by atoms with Gasteiger partial charge in [0, 0.05) is 0 Å². The van der Waals surface area contributed by atoms with Crippen LogP contribution in [0.2, 0.25) is 0 Å². The number of rotatable bonds is 4. The maximum absolute atomic E-state index is 12.5. The highest BCUT2D eigenvalue weighted by atomic mass is 79.9. The lowest BCUT2D eigenvalue weighted by Crippen LogP contribution is -2.15. The summed E-state index contributed by atoms with van der Waals surface area (Å²) in [6, 6.07) is 1.84. The van der Waals surface area contributed by atoms with Crippen LogP contribution in [-0.2, 0) is 6.18 Å². The van der Waals surface area contributed by atoms with Crippen LogP contribution in [0.3, 0.4) is 0 Å². The third kappa shape index (κ3) is 4.15. The minimum atomic E-state index is -4.71. The summed E-state index contributed by atoms with van der Waals surface area (Å²) < 4.78 is 65.7. The van der Waals surface area contributed by atoms with Crippen molar-refractivity contribution in [2.24, 2.45) is 0 Å². The average molecular weight is 347 g/mol. The van der Waals surface area contributed by atoms with Gasteiger partial charge < -0.3 is 4.74 Å². The van der Waals surface area contributed by atoms with E-state index in [9.17, 15) is 26.7 Å². The van der Waals surface area contributed by atoms with Gasteiger partial charge in [-0.1, -0.05) is 15.9 Å². The second kappa shape index (κ2) is 5.85. The smallest absolute Gasteiger partial charge is 0.416 e. The lowest BCUT2D eigenvalue weighted by molar-refractivity contribution is -0.138. The van der Waals surface area contributed by atoms with Crippen molar-refractivity contribution in [1.82, 2.24) is 0 Å². The second-order valence-electron chi connectivity index (χ2n) is 3.57. The molecule has 1 rings (SSSR count). The van der Waals surface area contributed by atoms with Crippen molar-refractivity contribution in [3.05, 3.63) is 29.3 Å². The van der Waals surface area contributed by atoms with Gasteiger partial charge in [-0.25, -0.2) is 0 Å². The van der Waals surface area contributed by atoms with E-state index in [1.165, 1.54) is 6.92 Å². The Labute approximate surface area is 113 Å². The summed E-state index contributed by atoms with van der Waals surface area (Å²) in [6.45, 7) is -1.90. The first kappa shape index (κ1) is 15.9. The molecule has 0 heterocycles. The van der Waals surface area contributed by atoms with Crippen LogP contribution in [0.4, 0.5) is 22.0 Å². The molecule has 19 heavy (non-hydrogen) atoms. The van der Waals surface area contributed by atoms with Gasteiger partial charge in [-0.05, 0) is 25.1 Å². The van der Waals surface area contributed by atoms with Gasteiger partial charge in [0.25, 0.3) is 0 Å². The summed E-state index contributed by atoms with van der Waals surface area (Å²) in [7, 11) is 0. The first-order valence-electron chi connectivity index (χ1n) is 4.97. The van der Waals surface area contributed by atoms with E-state index in [2.05, 4.69) is 20.7 Å². The van der Waals surface area contributed by atoms with Crippen LogP contribution in [0, 0.1) is 0 Å². The Morgan fingerprint density at radius 2 is 1.89 bits per heavy atom. The molecule has 0 fully saturated rings. The van der Waals surface area contributed by atoms with E-state index in [1.54, 1.807) is 0 Å². The van der Waals surface area contributed by atoms with Crippen molar-refractivity contribution >= 4 is 21.7 Å². The molecule has 0 radical (unpaired) electrons. The Morgan fingerprint density at radius 1 is 1.32 bits per heavy atom. The van der Waals surface area contributed by atoms with Gasteiger partial charge in [-0.15, -0.1) is 0 Å². The van der Waals surface area contributed by atoms with Crippen LogP contribution in [0.1, 0.15) is 22.8 Å². The molecule has 0 bridgehead atoms. The van der Waals surface area contributed by atoms with Crippen molar-refractivity contribution < 1.29 is 31.5 Å². The Morgan fingerprint density at radius 3 is 2.32 bits per heavy atom. The molecule has 0 spiro atoms. The number of halogens is 6. The van der Waals surface area contributed by atoms with Gasteiger partial charge in [0.05, 0.1) is 16.0 Å². The van der Waals surface area contributed by atoms with Crippen LogP contribution in [0.15, 0.2) is 18.2 Å². The highest BCUT2D eigenvalue weighted by Gasteiger charge is 2.32. The minimum Gasteiger partial charge on any atom is -0.434 e. The lowest BCUT2D eigenvalue weighted by Gasteiger charge is -2.14. The molecule has 0 amide bonds. The molecule has 1 aromatic rings. The van der Waals surface area contributed by atoms with Gasteiger partial charge in [0.1, 0.15) is 5.75 Å². The van der Waals surface area contributed by atoms with Crippen LogP contribution < -0.4 is 4.74 Å². The first-order valence-corrected chi connectivity index (χ1v) is 5.89. The number of benzene rings is 1.